The number of carbonyl (C=O) groups is 2. The molecule has 2 aromatic heterocycles. The molecule has 5 rings (SSSR count). The van der Waals surface area contributed by atoms with Gasteiger partial charge in [-0.1, -0.05) is 0 Å². The second-order valence-electron chi connectivity index (χ2n) is 8.13. The number of imidazole rings is 1. The van der Waals surface area contributed by atoms with Crippen LogP contribution in [0.2, 0.25) is 0 Å². The molecule has 1 saturated carbocycles. The largest absolute Gasteiger partial charge is 0.386 e. The summed E-state index contributed by atoms with van der Waals surface area (Å²) in [4.78, 5) is 31.8. The predicted molar refractivity (Wildman–Crippen MR) is 116 cm³/mol. The molecule has 3 heterocycles. The van der Waals surface area contributed by atoms with Crippen molar-refractivity contribution in [2.24, 2.45) is 0 Å². The molecular weight excluding hydrogens is 418 g/mol. The molecule has 2 fully saturated rings. The fraction of sp³-hybridized carbons (Fsp3) is 0.318. The summed E-state index contributed by atoms with van der Waals surface area (Å²) in [6, 6.07) is 3.73. The average molecular weight is 440 g/mol. The molecule has 0 bridgehead atoms. The fourth-order valence-corrected chi connectivity index (χ4v) is 3.92. The van der Waals surface area contributed by atoms with Crippen molar-refractivity contribution in [1.29, 1.82) is 0 Å². The van der Waals surface area contributed by atoms with Gasteiger partial charge in [-0.05, 0) is 36.5 Å². The average Bonchev–Trinajstić information content (AvgIpc) is 3.49. The van der Waals surface area contributed by atoms with Gasteiger partial charge in [0.25, 0.3) is 0 Å². The Hall–Kier alpha value is -3.69. The molecule has 0 unspecified atom stereocenters. The zero-order valence-corrected chi connectivity index (χ0v) is 17.7. The van der Waals surface area contributed by atoms with Crippen LogP contribution in [0, 0.1) is 11.6 Å². The van der Waals surface area contributed by atoms with E-state index < -0.39 is 11.6 Å². The number of benzene rings is 1. The number of amides is 3. The third-order valence-electron chi connectivity index (χ3n) is 5.91. The third-order valence-corrected chi connectivity index (χ3v) is 5.91. The summed E-state index contributed by atoms with van der Waals surface area (Å²) in [5.74, 6) is -1.21. The topological polar surface area (TPSA) is 82.0 Å². The molecule has 1 aromatic carbocycles. The highest BCUT2D eigenvalue weighted by Crippen LogP contribution is 2.42. The van der Waals surface area contributed by atoms with Crippen molar-refractivity contribution in [3.8, 4) is 0 Å². The summed E-state index contributed by atoms with van der Waals surface area (Å²) < 4.78 is 29.7. The SMILES string of the molecule is CNc1cc(NCc2cn3cc(C4CC4)cc(N4CC(=O)N(C)C4=O)c3n2)c(F)cc1F. The predicted octanol–water partition coefficient (Wildman–Crippen LogP) is 3.54. The number of carbonyl (C=O) groups excluding carboxylic acids is 2. The molecule has 10 heteroatoms. The number of likely N-dealkylation sites (N-methyl/N-ethyl adjacent to an activating group) is 1. The van der Waals surface area contributed by atoms with Crippen molar-refractivity contribution >= 4 is 34.6 Å². The number of hydrogen-bond acceptors (Lipinski definition) is 5. The molecule has 0 radical (unpaired) electrons. The first-order chi connectivity index (χ1) is 15.4. The van der Waals surface area contributed by atoms with Crippen molar-refractivity contribution in [1.82, 2.24) is 14.3 Å². The van der Waals surface area contributed by atoms with E-state index in [0.717, 1.165) is 29.4 Å². The maximum atomic E-state index is 14.2. The van der Waals surface area contributed by atoms with Crippen molar-refractivity contribution in [2.75, 3.05) is 36.2 Å². The van der Waals surface area contributed by atoms with Gasteiger partial charge in [-0.2, -0.15) is 0 Å². The Balaban J connectivity index is 1.48. The van der Waals surface area contributed by atoms with Crippen LogP contribution in [0.3, 0.4) is 0 Å². The van der Waals surface area contributed by atoms with Crippen molar-refractivity contribution in [2.45, 2.75) is 25.3 Å². The number of anilines is 3. The standard InChI is InChI=1S/C22H22F2N6O2/c1-25-17-7-18(16(24)6-15(17)23)26-8-14-10-29-9-13(12-3-4-12)5-19(21(29)27-14)30-11-20(31)28(2)22(30)32/h5-7,9-10,12,25-26H,3-4,8,11H2,1-2H3. The monoisotopic (exact) mass is 440 g/mol. The van der Waals surface area contributed by atoms with Crippen LogP contribution < -0.4 is 15.5 Å². The van der Waals surface area contributed by atoms with Crippen LogP contribution in [0.5, 0.6) is 0 Å². The van der Waals surface area contributed by atoms with E-state index >= 15 is 0 Å². The van der Waals surface area contributed by atoms with E-state index in [0.29, 0.717) is 22.9 Å². The maximum absolute atomic E-state index is 14.2. The smallest absolute Gasteiger partial charge is 0.331 e. The van der Waals surface area contributed by atoms with Crippen molar-refractivity contribution in [3.63, 3.8) is 0 Å². The number of pyridine rings is 1. The van der Waals surface area contributed by atoms with Crippen molar-refractivity contribution in [3.05, 3.63) is 53.5 Å². The first-order valence-electron chi connectivity index (χ1n) is 10.4. The molecule has 1 aliphatic heterocycles. The quantitative estimate of drug-likeness (QED) is 0.573. The summed E-state index contributed by atoms with van der Waals surface area (Å²) in [7, 11) is 3.02. The van der Waals surface area contributed by atoms with Crippen LogP contribution in [0.15, 0.2) is 30.6 Å². The molecule has 1 saturated heterocycles. The lowest BCUT2D eigenvalue weighted by Crippen LogP contribution is -2.30. The van der Waals surface area contributed by atoms with Crippen LogP contribution in [0.25, 0.3) is 5.65 Å². The van der Waals surface area contributed by atoms with E-state index in [1.807, 2.05) is 22.9 Å². The zero-order chi connectivity index (χ0) is 22.6. The van der Waals surface area contributed by atoms with E-state index in [1.54, 1.807) is 7.05 Å². The van der Waals surface area contributed by atoms with Crippen LogP contribution in [-0.2, 0) is 11.3 Å². The Morgan fingerprint density at radius 2 is 1.84 bits per heavy atom. The molecule has 0 spiro atoms. The van der Waals surface area contributed by atoms with Gasteiger partial charge >= 0.3 is 6.03 Å². The number of rotatable bonds is 6. The number of imide groups is 1. The van der Waals surface area contributed by atoms with E-state index in [1.165, 1.54) is 18.0 Å². The Bertz CT molecular complexity index is 1250. The fourth-order valence-electron chi connectivity index (χ4n) is 3.92. The minimum absolute atomic E-state index is 0.0346. The molecular formula is C22H22F2N6O2. The Kier molecular flexibility index (Phi) is 4.72. The van der Waals surface area contributed by atoms with Crippen LogP contribution in [0.4, 0.5) is 30.6 Å². The minimum Gasteiger partial charge on any atom is -0.386 e. The van der Waals surface area contributed by atoms with Gasteiger partial charge in [-0.25, -0.2) is 18.6 Å². The molecule has 2 N–H and O–H groups in total. The molecule has 32 heavy (non-hydrogen) atoms. The van der Waals surface area contributed by atoms with Gasteiger partial charge in [0.15, 0.2) is 5.65 Å². The van der Waals surface area contributed by atoms with Gasteiger partial charge in [-0.15, -0.1) is 0 Å². The maximum Gasteiger partial charge on any atom is 0.331 e. The van der Waals surface area contributed by atoms with Gasteiger partial charge in [0, 0.05) is 32.6 Å². The second-order valence-corrected chi connectivity index (χ2v) is 8.13. The number of halogens is 2. The normalized spacial score (nSPS) is 16.4. The Labute approximate surface area is 182 Å². The highest BCUT2D eigenvalue weighted by atomic mass is 19.1. The van der Waals surface area contributed by atoms with Gasteiger partial charge in [0.1, 0.15) is 18.2 Å². The van der Waals surface area contributed by atoms with Crippen LogP contribution >= 0.6 is 0 Å². The number of urea groups is 1. The first-order valence-corrected chi connectivity index (χ1v) is 10.4. The van der Waals surface area contributed by atoms with E-state index in [4.69, 9.17) is 0 Å². The second kappa shape index (κ2) is 7.47. The molecule has 8 nitrogen and oxygen atoms in total. The van der Waals surface area contributed by atoms with Gasteiger partial charge < -0.3 is 15.0 Å². The highest BCUT2D eigenvalue weighted by Gasteiger charge is 2.36. The van der Waals surface area contributed by atoms with Crippen molar-refractivity contribution < 1.29 is 18.4 Å². The lowest BCUT2D eigenvalue weighted by molar-refractivity contribution is -0.123. The summed E-state index contributed by atoms with van der Waals surface area (Å²) in [5, 5.41) is 5.64. The summed E-state index contributed by atoms with van der Waals surface area (Å²) in [6.45, 7) is 0.158. The molecule has 1 aliphatic carbocycles. The molecule has 2 aliphatic rings. The summed E-state index contributed by atoms with van der Waals surface area (Å²) >= 11 is 0. The molecule has 3 aromatic rings. The number of fused-ring (bicyclic) bond motifs is 1. The number of hydrogen-bond donors (Lipinski definition) is 2. The zero-order valence-electron chi connectivity index (χ0n) is 17.7. The lowest BCUT2D eigenvalue weighted by Gasteiger charge is -2.17. The van der Waals surface area contributed by atoms with Gasteiger partial charge in [0.2, 0.25) is 5.91 Å². The molecule has 0 atom stereocenters. The summed E-state index contributed by atoms with van der Waals surface area (Å²) in [5.41, 5.74) is 3.14. The molecule has 3 amide bonds. The Morgan fingerprint density at radius 1 is 1.09 bits per heavy atom. The molecule has 166 valence electrons. The van der Waals surface area contributed by atoms with Gasteiger partial charge in [-0.3, -0.25) is 14.6 Å². The van der Waals surface area contributed by atoms with Crippen LogP contribution in [0.1, 0.15) is 30.0 Å². The highest BCUT2D eigenvalue weighted by molar-refractivity contribution is 6.13. The number of nitrogens with one attached hydrogen (secondary N) is 2. The first kappa shape index (κ1) is 20.2. The third kappa shape index (κ3) is 3.41. The van der Waals surface area contributed by atoms with Gasteiger partial charge in [0.05, 0.1) is 29.3 Å². The van der Waals surface area contributed by atoms with E-state index in [9.17, 15) is 18.4 Å². The van der Waals surface area contributed by atoms with Crippen LogP contribution in [-0.4, -0.2) is 46.9 Å². The minimum atomic E-state index is -0.703. The number of aromatic nitrogens is 2. The summed E-state index contributed by atoms with van der Waals surface area (Å²) in [6.07, 6.45) is 5.96. The lowest BCUT2D eigenvalue weighted by atomic mass is 10.1. The Morgan fingerprint density at radius 3 is 2.50 bits per heavy atom. The number of nitrogens with zero attached hydrogens (tertiary/aromatic N) is 4. The van der Waals surface area contributed by atoms with E-state index in [2.05, 4.69) is 15.6 Å². The van der Waals surface area contributed by atoms with E-state index in [-0.39, 0.29) is 36.4 Å².